The fraction of sp³-hybridized carbons (Fsp3) is 0.611. The third-order valence-electron chi connectivity index (χ3n) is 4.54. The first-order valence-corrected chi connectivity index (χ1v) is 10.9. The molecule has 1 saturated heterocycles. The molecule has 146 valence electrons. The molecule has 26 heavy (non-hydrogen) atoms. The maximum absolute atomic E-state index is 12.6. The van der Waals surface area contributed by atoms with Crippen LogP contribution in [0.1, 0.15) is 24.8 Å². The second kappa shape index (κ2) is 9.69. The van der Waals surface area contributed by atoms with Crippen molar-refractivity contribution in [1.29, 1.82) is 0 Å². The molecule has 1 fully saturated rings. The molecule has 1 aromatic rings. The summed E-state index contributed by atoms with van der Waals surface area (Å²) in [6.45, 7) is 2.36. The molecule has 1 heterocycles. The van der Waals surface area contributed by atoms with Crippen molar-refractivity contribution < 1.29 is 13.2 Å². The molecule has 6 nitrogen and oxygen atoms in total. The lowest BCUT2D eigenvalue weighted by Gasteiger charge is -2.30. The Morgan fingerprint density at radius 1 is 1.31 bits per heavy atom. The highest BCUT2D eigenvalue weighted by atomic mass is 35.5. The van der Waals surface area contributed by atoms with Crippen molar-refractivity contribution in [3.8, 4) is 0 Å². The van der Waals surface area contributed by atoms with Crippen molar-refractivity contribution in [1.82, 2.24) is 14.5 Å². The van der Waals surface area contributed by atoms with E-state index in [2.05, 4.69) is 10.2 Å². The molecule has 0 aromatic heterocycles. The Labute approximate surface area is 161 Å². The molecular weight excluding hydrogens is 374 g/mol. The Bertz CT molecular complexity index is 701. The molecule has 1 N–H and O–H groups in total. The van der Waals surface area contributed by atoms with Crippen molar-refractivity contribution in [3.05, 3.63) is 34.9 Å². The summed E-state index contributed by atoms with van der Waals surface area (Å²) in [5, 5.41) is 3.49. The minimum Gasteiger partial charge on any atom is -0.356 e. The summed E-state index contributed by atoms with van der Waals surface area (Å²) in [7, 11) is 0.607. The largest absolute Gasteiger partial charge is 0.356 e. The normalized spacial score (nSPS) is 16.8. The first-order chi connectivity index (χ1) is 12.3. The molecule has 0 atom stereocenters. The number of amides is 1. The summed E-state index contributed by atoms with van der Waals surface area (Å²) < 4.78 is 26.7. The van der Waals surface area contributed by atoms with E-state index in [1.807, 2.05) is 14.1 Å². The molecule has 1 amide bonds. The molecule has 0 saturated carbocycles. The second-order valence-corrected chi connectivity index (χ2v) is 9.41. The lowest BCUT2D eigenvalue weighted by atomic mass is 9.97. The predicted molar refractivity (Wildman–Crippen MR) is 105 cm³/mol. The van der Waals surface area contributed by atoms with Crippen LogP contribution in [0.4, 0.5) is 0 Å². The van der Waals surface area contributed by atoms with Gasteiger partial charge in [-0.15, -0.1) is 0 Å². The van der Waals surface area contributed by atoms with Crippen molar-refractivity contribution in [2.75, 3.05) is 40.3 Å². The van der Waals surface area contributed by atoms with E-state index in [-0.39, 0.29) is 17.6 Å². The van der Waals surface area contributed by atoms with Crippen LogP contribution in [0.25, 0.3) is 0 Å². The Hall–Kier alpha value is -1.15. The summed E-state index contributed by atoms with van der Waals surface area (Å²) in [5.41, 5.74) is 0.679. The van der Waals surface area contributed by atoms with Crippen LogP contribution in [0, 0.1) is 5.92 Å². The van der Waals surface area contributed by atoms with Crippen molar-refractivity contribution in [2.24, 2.45) is 5.92 Å². The summed E-state index contributed by atoms with van der Waals surface area (Å²) in [5.74, 6) is -0.128. The number of halogens is 1. The van der Waals surface area contributed by atoms with Gasteiger partial charge in [-0.25, -0.2) is 12.7 Å². The number of piperidine rings is 1. The number of nitrogens with zero attached hydrogens (tertiary/aromatic N) is 2. The monoisotopic (exact) mass is 401 g/mol. The fourth-order valence-corrected chi connectivity index (χ4v) is 4.84. The van der Waals surface area contributed by atoms with Gasteiger partial charge in [-0.1, -0.05) is 23.7 Å². The van der Waals surface area contributed by atoms with E-state index < -0.39 is 10.0 Å². The van der Waals surface area contributed by atoms with Crippen LogP contribution in [0.2, 0.25) is 5.02 Å². The SMILES string of the molecule is CN(C)CCCNC(=O)C1CCN(S(=O)(=O)Cc2cccc(Cl)c2)CC1. The van der Waals surface area contributed by atoms with Crippen LogP contribution in [0.15, 0.2) is 24.3 Å². The van der Waals surface area contributed by atoms with Gasteiger partial charge >= 0.3 is 0 Å². The molecule has 0 bridgehead atoms. The molecule has 0 radical (unpaired) electrons. The number of nitrogens with one attached hydrogen (secondary N) is 1. The Morgan fingerprint density at radius 2 is 2.00 bits per heavy atom. The number of rotatable bonds is 8. The molecule has 0 aliphatic carbocycles. The van der Waals surface area contributed by atoms with Gasteiger partial charge < -0.3 is 10.2 Å². The lowest BCUT2D eigenvalue weighted by molar-refractivity contribution is -0.126. The zero-order valence-electron chi connectivity index (χ0n) is 15.4. The van der Waals surface area contributed by atoms with Gasteiger partial charge in [0.25, 0.3) is 0 Å². The Morgan fingerprint density at radius 3 is 2.62 bits per heavy atom. The molecule has 8 heteroatoms. The quantitative estimate of drug-likeness (QED) is 0.676. The van der Waals surface area contributed by atoms with Crippen LogP contribution in [0.5, 0.6) is 0 Å². The fourth-order valence-electron chi connectivity index (χ4n) is 3.08. The zero-order chi connectivity index (χ0) is 19.2. The average molecular weight is 402 g/mol. The van der Waals surface area contributed by atoms with E-state index in [1.54, 1.807) is 24.3 Å². The van der Waals surface area contributed by atoms with Gasteiger partial charge in [0.15, 0.2) is 0 Å². The summed E-state index contributed by atoms with van der Waals surface area (Å²) >= 11 is 5.93. The zero-order valence-corrected chi connectivity index (χ0v) is 17.0. The maximum atomic E-state index is 12.6. The number of hydrogen-bond donors (Lipinski definition) is 1. The summed E-state index contributed by atoms with van der Waals surface area (Å²) in [6, 6.07) is 6.91. The highest BCUT2D eigenvalue weighted by Crippen LogP contribution is 2.22. The van der Waals surface area contributed by atoms with Crippen LogP contribution in [-0.4, -0.2) is 63.8 Å². The molecule has 1 aromatic carbocycles. The molecular formula is C18H28ClN3O3S. The van der Waals surface area contributed by atoms with E-state index in [1.165, 1.54) is 4.31 Å². The van der Waals surface area contributed by atoms with Crippen LogP contribution >= 0.6 is 11.6 Å². The van der Waals surface area contributed by atoms with Gasteiger partial charge in [-0.05, 0) is 57.6 Å². The standard InChI is InChI=1S/C18H28ClN3O3S/c1-21(2)10-4-9-20-18(23)16-7-11-22(12-8-16)26(24,25)14-15-5-3-6-17(19)13-15/h3,5-6,13,16H,4,7-12,14H2,1-2H3,(H,20,23). The van der Waals surface area contributed by atoms with Gasteiger partial charge in [-0.2, -0.15) is 0 Å². The second-order valence-electron chi connectivity index (χ2n) is 7.01. The maximum Gasteiger partial charge on any atom is 0.223 e. The van der Waals surface area contributed by atoms with Crippen molar-refractivity contribution in [2.45, 2.75) is 25.0 Å². The van der Waals surface area contributed by atoms with Crippen LogP contribution < -0.4 is 5.32 Å². The number of carbonyl (C=O) groups is 1. The minimum atomic E-state index is -3.40. The summed E-state index contributed by atoms with van der Waals surface area (Å²) in [6.07, 6.45) is 2.04. The van der Waals surface area contributed by atoms with E-state index in [0.29, 0.717) is 43.1 Å². The Balaban J connectivity index is 1.80. The van der Waals surface area contributed by atoms with Crippen molar-refractivity contribution in [3.63, 3.8) is 0 Å². The smallest absolute Gasteiger partial charge is 0.223 e. The van der Waals surface area contributed by atoms with Crippen LogP contribution in [-0.2, 0) is 20.6 Å². The van der Waals surface area contributed by atoms with Gasteiger partial charge in [0.1, 0.15) is 0 Å². The van der Waals surface area contributed by atoms with Crippen LogP contribution in [0.3, 0.4) is 0 Å². The molecule has 2 rings (SSSR count). The van der Waals surface area contributed by atoms with E-state index in [4.69, 9.17) is 11.6 Å². The highest BCUT2D eigenvalue weighted by molar-refractivity contribution is 7.88. The van der Waals surface area contributed by atoms with Gasteiger partial charge in [0.05, 0.1) is 5.75 Å². The van der Waals surface area contributed by atoms with Gasteiger partial charge in [0, 0.05) is 30.6 Å². The predicted octanol–water partition coefficient (Wildman–Crippen LogP) is 1.95. The highest BCUT2D eigenvalue weighted by Gasteiger charge is 2.31. The lowest BCUT2D eigenvalue weighted by Crippen LogP contribution is -2.43. The Kier molecular flexibility index (Phi) is 7.88. The topological polar surface area (TPSA) is 69.7 Å². The third-order valence-corrected chi connectivity index (χ3v) is 6.62. The first kappa shape index (κ1) is 21.2. The number of carbonyl (C=O) groups excluding carboxylic acids is 1. The number of sulfonamides is 1. The molecule has 0 spiro atoms. The first-order valence-electron chi connectivity index (χ1n) is 8.92. The van der Waals surface area contributed by atoms with E-state index in [0.717, 1.165) is 13.0 Å². The van der Waals surface area contributed by atoms with E-state index in [9.17, 15) is 13.2 Å². The summed E-state index contributed by atoms with van der Waals surface area (Å²) in [4.78, 5) is 14.3. The minimum absolute atomic E-state index is 0.0376. The van der Waals surface area contributed by atoms with Gasteiger partial charge in [0.2, 0.25) is 15.9 Å². The molecule has 1 aliphatic heterocycles. The van der Waals surface area contributed by atoms with Gasteiger partial charge in [-0.3, -0.25) is 4.79 Å². The molecule has 0 unspecified atom stereocenters. The van der Waals surface area contributed by atoms with E-state index >= 15 is 0 Å². The number of benzene rings is 1. The average Bonchev–Trinajstić information content (AvgIpc) is 2.58. The molecule has 1 aliphatic rings. The van der Waals surface area contributed by atoms with Crippen molar-refractivity contribution >= 4 is 27.5 Å². The third kappa shape index (κ3) is 6.54. The number of hydrogen-bond acceptors (Lipinski definition) is 4.